The predicted octanol–water partition coefficient (Wildman–Crippen LogP) is 5.75. The average molecular weight is 582 g/mol. The molecule has 6 nitrogen and oxygen atoms in total. The first-order chi connectivity index (χ1) is 19.1. The summed E-state index contributed by atoms with van der Waals surface area (Å²) < 4.78 is 8.00. The number of benzene rings is 3. The van der Waals surface area contributed by atoms with Crippen molar-refractivity contribution >= 4 is 21.9 Å². The number of halogens is 1. The van der Waals surface area contributed by atoms with Crippen LogP contribution in [0.25, 0.3) is 0 Å². The van der Waals surface area contributed by atoms with E-state index >= 15 is 0 Å². The Kier molecular flexibility index (Phi) is 8.30. The summed E-state index contributed by atoms with van der Waals surface area (Å²) in [5, 5.41) is 3.30. The average Bonchev–Trinajstić information content (AvgIpc) is 3.45. The van der Waals surface area contributed by atoms with Gasteiger partial charge in [-0.3, -0.25) is 10.1 Å². The molecule has 0 unspecified atom stereocenters. The Balaban J connectivity index is 1.54. The molecule has 5 aromatic rings. The standard InChI is InChI=1S/C32H29BrN4O2/c1-39-31(38)29(34-21-27-18-11-19-30(33)36-27)20-28-22-37(23-35-28)32(24-12-5-2-6-13-24,25-14-7-3-8-15-25)26-16-9-4-10-17-26/h2-19,22-23,29,34H,20-21H2,1H3/t29-/m0/s1. The third-order valence-electron chi connectivity index (χ3n) is 6.80. The minimum Gasteiger partial charge on any atom is -0.468 e. The summed E-state index contributed by atoms with van der Waals surface area (Å²) >= 11 is 3.40. The smallest absolute Gasteiger partial charge is 0.323 e. The van der Waals surface area contributed by atoms with Crippen LogP contribution in [0.4, 0.5) is 0 Å². The molecule has 0 aliphatic carbocycles. The number of esters is 1. The van der Waals surface area contributed by atoms with Gasteiger partial charge in [0.05, 0.1) is 24.8 Å². The maximum Gasteiger partial charge on any atom is 0.323 e. The molecule has 3 aromatic carbocycles. The number of rotatable bonds is 10. The van der Waals surface area contributed by atoms with Gasteiger partial charge >= 0.3 is 5.97 Å². The second-order valence-electron chi connectivity index (χ2n) is 9.19. The lowest BCUT2D eigenvalue weighted by molar-refractivity contribution is -0.143. The summed E-state index contributed by atoms with van der Waals surface area (Å²) in [4.78, 5) is 22.0. The Morgan fingerprint density at radius 2 is 1.41 bits per heavy atom. The van der Waals surface area contributed by atoms with E-state index in [0.717, 1.165) is 32.7 Å². The van der Waals surface area contributed by atoms with Crippen LogP contribution in [0.1, 0.15) is 28.1 Å². The lowest BCUT2D eigenvalue weighted by atomic mass is 9.77. The van der Waals surface area contributed by atoms with Gasteiger partial charge in [0.25, 0.3) is 0 Å². The Morgan fingerprint density at radius 3 is 1.92 bits per heavy atom. The molecule has 0 saturated carbocycles. The highest BCUT2D eigenvalue weighted by atomic mass is 79.9. The second-order valence-corrected chi connectivity index (χ2v) is 10.0. The van der Waals surface area contributed by atoms with E-state index in [4.69, 9.17) is 9.72 Å². The molecule has 0 aliphatic heterocycles. The van der Waals surface area contributed by atoms with Crippen molar-refractivity contribution in [3.63, 3.8) is 0 Å². The summed E-state index contributed by atoms with van der Waals surface area (Å²) in [5.74, 6) is -0.347. The third kappa shape index (κ3) is 5.70. The SMILES string of the molecule is COC(=O)[C@H](Cc1cn(C(c2ccccc2)(c2ccccc2)c2ccccc2)cn1)NCc1cccc(Br)n1. The summed E-state index contributed by atoms with van der Waals surface area (Å²) in [7, 11) is 1.40. The molecule has 0 amide bonds. The number of hydrogen-bond donors (Lipinski definition) is 1. The molecule has 0 bridgehead atoms. The van der Waals surface area contributed by atoms with E-state index in [-0.39, 0.29) is 5.97 Å². The first-order valence-corrected chi connectivity index (χ1v) is 13.5. The highest BCUT2D eigenvalue weighted by Crippen LogP contribution is 2.40. The van der Waals surface area contributed by atoms with Crippen LogP contribution in [0.15, 0.2) is 126 Å². The van der Waals surface area contributed by atoms with Crippen LogP contribution < -0.4 is 5.32 Å². The summed E-state index contributed by atoms with van der Waals surface area (Å²) in [6.45, 7) is 0.419. The topological polar surface area (TPSA) is 69.0 Å². The van der Waals surface area contributed by atoms with Gasteiger partial charge in [-0.05, 0) is 44.8 Å². The summed E-state index contributed by atoms with van der Waals surface area (Å²) in [6.07, 6.45) is 4.25. The number of hydrogen-bond acceptors (Lipinski definition) is 5. The Morgan fingerprint density at radius 1 is 0.846 bits per heavy atom. The number of ether oxygens (including phenoxy) is 1. The highest BCUT2D eigenvalue weighted by Gasteiger charge is 2.38. The van der Waals surface area contributed by atoms with Crippen LogP contribution in [0, 0.1) is 0 Å². The number of imidazole rings is 1. The fraction of sp³-hybridized carbons (Fsp3) is 0.156. The van der Waals surface area contributed by atoms with Crippen molar-refractivity contribution in [1.82, 2.24) is 19.9 Å². The Bertz CT molecular complexity index is 1410. The van der Waals surface area contributed by atoms with Crippen LogP contribution in [-0.2, 0) is 28.0 Å². The van der Waals surface area contributed by atoms with E-state index in [1.54, 1.807) is 0 Å². The van der Waals surface area contributed by atoms with E-state index in [2.05, 4.69) is 104 Å². The third-order valence-corrected chi connectivity index (χ3v) is 7.24. The molecular weight excluding hydrogens is 552 g/mol. The van der Waals surface area contributed by atoms with Crippen molar-refractivity contribution in [2.75, 3.05) is 7.11 Å². The molecule has 39 heavy (non-hydrogen) atoms. The van der Waals surface area contributed by atoms with E-state index in [0.29, 0.717) is 13.0 Å². The Labute approximate surface area is 236 Å². The second kappa shape index (κ2) is 12.2. The molecule has 0 saturated heterocycles. The van der Waals surface area contributed by atoms with Gasteiger partial charge in [0.15, 0.2) is 0 Å². The molecule has 1 N–H and O–H groups in total. The lowest BCUT2D eigenvalue weighted by Crippen LogP contribution is -2.39. The molecule has 5 rings (SSSR count). The van der Waals surface area contributed by atoms with E-state index in [9.17, 15) is 4.79 Å². The molecule has 0 spiro atoms. The zero-order chi connectivity index (χ0) is 27.1. The predicted molar refractivity (Wildman–Crippen MR) is 155 cm³/mol. The summed E-state index contributed by atoms with van der Waals surface area (Å²) in [5.41, 5.74) is 4.25. The van der Waals surface area contributed by atoms with Crippen molar-refractivity contribution < 1.29 is 9.53 Å². The molecule has 0 radical (unpaired) electrons. The van der Waals surface area contributed by atoms with Gasteiger partial charge in [-0.15, -0.1) is 0 Å². The zero-order valence-electron chi connectivity index (χ0n) is 21.6. The van der Waals surface area contributed by atoms with Gasteiger partial charge in [0.2, 0.25) is 0 Å². The number of pyridine rings is 1. The van der Waals surface area contributed by atoms with Crippen molar-refractivity contribution in [2.45, 2.75) is 24.5 Å². The van der Waals surface area contributed by atoms with Crippen LogP contribution in [0.3, 0.4) is 0 Å². The van der Waals surface area contributed by atoms with Crippen molar-refractivity contribution in [2.24, 2.45) is 0 Å². The van der Waals surface area contributed by atoms with Crippen LogP contribution in [-0.4, -0.2) is 33.7 Å². The molecule has 1 atom stereocenters. The lowest BCUT2D eigenvalue weighted by Gasteiger charge is -2.37. The fourth-order valence-electron chi connectivity index (χ4n) is 5.00. The summed E-state index contributed by atoms with van der Waals surface area (Å²) in [6, 6.07) is 36.4. The first-order valence-electron chi connectivity index (χ1n) is 12.7. The van der Waals surface area contributed by atoms with Crippen LogP contribution >= 0.6 is 15.9 Å². The molecule has 2 aromatic heterocycles. The van der Waals surface area contributed by atoms with Crippen LogP contribution in [0.5, 0.6) is 0 Å². The molecule has 2 heterocycles. The van der Waals surface area contributed by atoms with Gasteiger partial charge < -0.3 is 9.30 Å². The number of carbonyl (C=O) groups excluding carboxylic acids is 1. The number of aromatic nitrogens is 3. The largest absolute Gasteiger partial charge is 0.468 e. The Hall–Kier alpha value is -4.07. The molecule has 0 aliphatic rings. The zero-order valence-corrected chi connectivity index (χ0v) is 23.2. The maximum atomic E-state index is 12.7. The number of methoxy groups -OCH3 is 1. The van der Waals surface area contributed by atoms with Crippen molar-refractivity contribution in [3.8, 4) is 0 Å². The minimum atomic E-state index is -0.663. The quantitative estimate of drug-likeness (QED) is 0.129. The van der Waals surface area contributed by atoms with Crippen molar-refractivity contribution in [1.29, 1.82) is 0 Å². The maximum absolute atomic E-state index is 12.7. The highest BCUT2D eigenvalue weighted by molar-refractivity contribution is 9.10. The van der Waals surface area contributed by atoms with E-state index in [1.807, 2.05) is 48.9 Å². The fourth-order valence-corrected chi connectivity index (χ4v) is 5.38. The van der Waals surface area contributed by atoms with Gasteiger partial charge in [-0.25, -0.2) is 9.97 Å². The molecule has 7 heteroatoms. The van der Waals surface area contributed by atoms with Crippen molar-refractivity contribution in [3.05, 3.63) is 154 Å². The normalized spacial score (nSPS) is 12.2. The minimum absolute atomic E-state index is 0.347. The van der Waals surface area contributed by atoms with Gasteiger partial charge in [-0.2, -0.15) is 0 Å². The molecule has 196 valence electrons. The first kappa shape index (κ1) is 26.5. The molecule has 0 fully saturated rings. The van der Waals surface area contributed by atoms with Gasteiger partial charge in [0, 0.05) is 19.2 Å². The van der Waals surface area contributed by atoms with E-state index < -0.39 is 11.6 Å². The van der Waals surface area contributed by atoms with E-state index in [1.165, 1.54) is 7.11 Å². The monoisotopic (exact) mass is 580 g/mol. The van der Waals surface area contributed by atoms with Gasteiger partial charge in [0.1, 0.15) is 16.2 Å². The molecular formula is C32H29BrN4O2. The number of nitrogens with one attached hydrogen (secondary N) is 1. The van der Waals surface area contributed by atoms with Crippen LogP contribution in [0.2, 0.25) is 0 Å². The number of nitrogens with zero attached hydrogens (tertiary/aromatic N) is 3. The number of carbonyl (C=O) groups is 1. The van der Waals surface area contributed by atoms with Gasteiger partial charge in [-0.1, -0.05) is 97.1 Å².